The van der Waals surface area contributed by atoms with E-state index >= 15 is 0 Å². The first-order chi connectivity index (χ1) is 11.0. The van der Waals surface area contributed by atoms with Gasteiger partial charge in [0.1, 0.15) is 5.76 Å². The molecule has 118 valence electrons. The molecule has 0 fully saturated rings. The van der Waals surface area contributed by atoms with Crippen molar-refractivity contribution in [1.29, 1.82) is 0 Å². The summed E-state index contributed by atoms with van der Waals surface area (Å²) in [6.45, 7) is 3.63. The van der Waals surface area contributed by atoms with Crippen LogP contribution in [0.15, 0.2) is 38.6 Å². The molecule has 2 aromatic heterocycles. The third kappa shape index (κ3) is 3.68. The highest BCUT2D eigenvalue weighted by Crippen LogP contribution is 2.26. The maximum atomic E-state index is 12.2. The Morgan fingerprint density at radius 3 is 2.70 bits per heavy atom. The molecule has 0 aliphatic rings. The van der Waals surface area contributed by atoms with Crippen LogP contribution >= 0.6 is 27.3 Å². The fourth-order valence-corrected chi connectivity index (χ4v) is 3.16. The molecule has 1 amide bonds. The first-order valence-electron chi connectivity index (χ1n) is 6.96. The molecule has 3 aromatic rings. The Labute approximate surface area is 145 Å². The zero-order valence-corrected chi connectivity index (χ0v) is 15.0. The van der Waals surface area contributed by atoms with Crippen LogP contribution in [0.25, 0.3) is 11.3 Å². The van der Waals surface area contributed by atoms with E-state index in [0.717, 1.165) is 27.0 Å². The lowest BCUT2D eigenvalue weighted by molar-refractivity contribution is -0.115. The third-order valence-electron chi connectivity index (χ3n) is 3.41. The van der Waals surface area contributed by atoms with Gasteiger partial charge in [0.15, 0.2) is 5.13 Å². The minimum atomic E-state index is -0.129. The van der Waals surface area contributed by atoms with E-state index in [1.165, 1.54) is 11.3 Å². The van der Waals surface area contributed by atoms with Crippen molar-refractivity contribution in [3.8, 4) is 11.3 Å². The lowest BCUT2D eigenvalue weighted by atomic mass is 10.1. The normalized spacial score (nSPS) is 10.7. The van der Waals surface area contributed by atoms with Crippen molar-refractivity contribution >= 4 is 38.3 Å². The minimum Gasteiger partial charge on any atom is -0.361 e. The van der Waals surface area contributed by atoms with Gasteiger partial charge < -0.3 is 9.84 Å². The second kappa shape index (κ2) is 6.64. The van der Waals surface area contributed by atoms with Crippen LogP contribution in [-0.4, -0.2) is 16.0 Å². The molecule has 2 heterocycles. The smallest absolute Gasteiger partial charge is 0.230 e. The fraction of sp³-hybridized carbons (Fsp3) is 0.188. The highest BCUT2D eigenvalue weighted by atomic mass is 79.9. The minimum absolute atomic E-state index is 0.129. The number of aromatic nitrogens is 2. The molecular weight excluding hydrogens is 378 g/mol. The van der Waals surface area contributed by atoms with Crippen molar-refractivity contribution in [3.05, 3.63) is 51.1 Å². The summed E-state index contributed by atoms with van der Waals surface area (Å²) < 4.78 is 6.09. The monoisotopic (exact) mass is 391 g/mol. The predicted molar refractivity (Wildman–Crippen MR) is 93.6 cm³/mol. The van der Waals surface area contributed by atoms with Crippen LogP contribution in [0.1, 0.15) is 17.0 Å². The molecule has 0 atom stereocenters. The Bertz CT molecular complexity index is 820. The van der Waals surface area contributed by atoms with Crippen LogP contribution in [0.5, 0.6) is 0 Å². The van der Waals surface area contributed by atoms with E-state index in [2.05, 4.69) is 31.4 Å². The number of nitrogens with one attached hydrogen (secondary N) is 1. The molecule has 1 N–H and O–H groups in total. The number of halogens is 1. The van der Waals surface area contributed by atoms with Gasteiger partial charge in [0.25, 0.3) is 0 Å². The summed E-state index contributed by atoms with van der Waals surface area (Å²) in [6, 6.07) is 7.89. The molecule has 0 saturated heterocycles. The van der Waals surface area contributed by atoms with Crippen molar-refractivity contribution in [2.45, 2.75) is 20.3 Å². The molecular formula is C16H14BrN3O2S. The summed E-state index contributed by atoms with van der Waals surface area (Å²) in [5.41, 5.74) is 3.42. The van der Waals surface area contributed by atoms with E-state index in [0.29, 0.717) is 10.9 Å². The van der Waals surface area contributed by atoms with Crippen molar-refractivity contribution in [3.63, 3.8) is 0 Å². The number of hydrogen-bond acceptors (Lipinski definition) is 5. The lowest BCUT2D eigenvalue weighted by Gasteiger charge is -2.01. The Morgan fingerprint density at radius 1 is 1.30 bits per heavy atom. The number of thiazole rings is 1. The summed E-state index contributed by atoms with van der Waals surface area (Å²) in [7, 11) is 0. The van der Waals surface area contributed by atoms with E-state index in [-0.39, 0.29) is 12.3 Å². The van der Waals surface area contributed by atoms with Gasteiger partial charge in [-0.1, -0.05) is 33.2 Å². The highest BCUT2D eigenvalue weighted by Gasteiger charge is 2.14. The predicted octanol–water partition coefficient (Wildman–Crippen LogP) is 4.36. The van der Waals surface area contributed by atoms with Crippen molar-refractivity contribution in [2.24, 2.45) is 0 Å². The van der Waals surface area contributed by atoms with Gasteiger partial charge in [-0.3, -0.25) is 4.79 Å². The molecule has 0 aliphatic heterocycles. The van der Waals surface area contributed by atoms with Gasteiger partial charge in [-0.2, -0.15) is 0 Å². The number of carbonyl (C=O) groups excluding carboxylic acids is 1. The van der Waals surface area contributed by atoms with E-state index in [4.69, 9.17) is 4.52 Å². The summed E-state index contributed by atoms with van der Waals surface area (Å²) in [5, 5.41) is 9.19. The molecule has 0 saturated carbocycles. The van der Waals surface area contributed by atoms with Crippen LogP contribution < -0.4 is 5.32 Å². The second-order valence-corrected chi connectivity index (χ2v) is 6.85. The Hall–Kier alpha value is -1.99. The fourth-order valence-electron chi connectivity index (χ4n) is 2.16. The van der Waals surface area contributed by atoms with Gasteiger partial charge >= 0.3 is 0 Å². The quantitative estimate of drug-likeness (QED) is 0.717. The summed E-state index contributed by atoms with van der Waals surface area (Å²) >= 11 is 4.81. The first kappa shape index (κ1) is 15.9. The van der Waals surface area contributed by atoms with Gasteiger partial charge in [0.05, 0.1) is 17.8 Å². The van der Waals surface area contributed by atoms with E-state index < -0.39 is 0 Å². The number of hydrogen-bond donors (Lipinski definition) is 1. The maximum absolute atomic E-state index is 12.2. The van der Waals surface area contributed by atoms with Gasteiger partial charge in [-0.25, -0.2) is 4.98 Å². The molecule has 3 rings (SSSR count). The van der Waals surface area contributed by atoms with Crippen LogP contribution in [0, 0.1) is 13.8 Å². The molecule has 0 unspecified atom stereocenters. The lowest BCUT2D eigenvalue weighted by Crippen LogP contribution is -2.15. The number of rotatable bonds is 4. The van der Waals surface area contributed by atoms with E-state index in [1.807, 2.05) is 36.6 Å². The number of benzene rings is 1. The molecule has 0 spiro atoms. The molecule has 0 aliphatic carbocycles. The summed E-state index contributed by atoms with van der Waals surface area (Å²) in [5.74, 6) is 0.545. The van der Waals surface area contributed by atoms with Gasteiger partial charge in [-0.15, -0.1) is 11.3 Å². The van der Waals surface area contributed by atoms with Crippen LogP contribution in [0.2, 0.25) is 0 Å². The topological polar surface area (TPSA) is 68.0 Å². The maximum Gasteiger partial charge on any atom is 0.230 e. The zero-order chi connectivity index (χ0) is 16.4. The number of nitrogens with zero attached hydrogens (tertiary/aromatic N) is 2. The van der Waals surface area contributed by atoms with Crippen LogP contribution in [0.4, 0.5) is 5.13 Å². The largest absolute Gasteiger partial charge is 0.361 e. The second-order valence-electron chi connectivity index (χ2n) is 5.07. The Balaban J connectivity index is 1.69. The van der Waals surface area contributed by atoms with E-state index in [9.17, 15) is 4.79 Å². The summed E-state index contributed by atoms with van der Waals surface area (Å²) in [4.78, 5) is 16.6. The van der Waals surface area contributed by atoms with Crippen LogP contribution in [0.3, 0.4) is 0 Å². The zero-order valence-electron chi connectivity index (χ0n) is 12.6. The Kier molecular flexibility index (Phi) is 4.58. The van der Waals surface area contributed by atoms with Gasteiger partial charge in [0, 0.05) is 21.0 Å². The highest BCUT2D eigenvalue weighted by molar-refractivity contribution is 9.10. The van der Waals surface area contributed by atoms with Gasteiger partial charge in [-0.05, 0) is 26.0 Å². The van der Waals surface area contributed by atoms with E-state index in [1.54, 1.807) is 6.92 Å². The number of anilines is 1. The average molecular weight is 392 g/mol. The molecule has 7 heteroatoms. The van der Waals surface area contributed by atoms with Crippen LogP contribution in [-0.2, 0) is 11.2 Å². The van der Waals surface area contributed by atoms with Gasteiger partial charge in [0.2, 0.25) is 5.91 Å². The molecule has 5 nitrogen and oxygen atoms in total. The molecule has 0 bridgehead atoms. The third-order valence-corrected chi connectivity index (χ3v) is 4.70. The number of aryl methyl sites for hydroxylation is 2. The SMILES string of the molecule is Cc1noc(C)c1CC(=O)Nc1nc(-c2ccc(Br)cc2)cs1. The standard InChI is InChI=1S/C16H14BrN3O2S/c1-9-13(10(2)22-20-9)7-15(21)19-16-18-14(8-23-16)11-3-5-12(17)6-4-11/h3-6,8H,7H2,1-2H3,(H,18,19,21). The summed E-state index contributed by atoms with van der Waals surface area (Å²) in [6.07, 6.45) is 0.231. The number of carbonyl (C=O) groups is 1. The molecule has 23 heavy (non-hydrogen) atoms. The van der Waals surface area contributed by atoms with Crippen molar-refractivity contribution in [1.82, 2.24) is 10.1 Å². The molecule has 0 radical (unpaired) electrons. The first-order valence-corrected chi connectivity index (χ1v) is 8.63. The Morgan fingerprint density at radius 2 is 2.04 bits per heavy atom. The molecule has 1 aromatic carbocycles. The van der Waals surface area contributed by atoms with Crippen molar-refractivity contribution in [2.75, 3.05) is 5.32 Å². The average Bonchev–Trinajstić information content (AvgIpc) is 3.10. The number of amides is 1. The van der Waals surface area contributed by atoms with Crippen molar-refractivity contribution < 1.29 is 9.32 Å².